The first-order valence-electron chi connectivity index (χ1n) is 9.78. The van der Waals surface area contributed by atoms with Crippen molar-refractivity contribution < 1.29 is 26.9 Å². The molecule has 0 spiro atoms. The number of methoxy groups -OCH3 is 1. The molecule has 174 valence electrons. The number of hydrogen-bond acceptors (Lipinski definition) is 6. The average molecular weight is 471 g/mol. The Kier molecular flexibility index (Phi) is 8.11. The number of aromatic nitrogens is 3. The fourth-order valence-corrected chi connectivity index (χ4v) is 3.55. The SMILES string of the molecule is CCC(C)=Nc1c(/C=C(\C)C(F)(F)F)nc(-c2nc(C(=O)OC)ccc2S(=O)CC)n1C. The van der Waals surface area contributed by atoms with Crippen LogP contribution >= 0.6 is 0 Å². The summed E-state index contributed by atoms with van der Waals surface area (Å²) >= 11 is 0. The normalized spacial score (nSPS) is 13.9. The number of halogens is 3. The van der Waals surface area contributed by atoms with Crippen molar-refractivity contribution in [2.24, 2.45) is 12.0 Å². The molecular weight excluding hydrogens is 445 g/mol. The van der Waals surface area contributed by atoms with Gasteiger partial charge < -0.3 is 9.30 Å². The third-order valence-electron chi connectivity index (χ3n) is 4.67. The lowest BCUT2D eigenvalue weighted by atomic mass is 10.2. The van der Waals surface area contributed by atoms with Gasteiger partial charge in [-0.15, -0.1) is 0 Å². The van der Waals surface area contributed by atoms with Gasteiger partial charge in [-0.2, -0.15) is 13.2 Å². The zero-order chi connectivity index (χ0) is 24.2. The van der Waals surface area contributed by atoms with Crippen molar-refractivity contribution in [2.45, 2.75) is 45.2 Å². The average Bonchev–Trinajstić information content (AvgIpc) is 3.06. The quantitative estimate of drug-likeness (QED) is 0.426. The van der Waals surface area contributed by atoms with E-state index in [0.717, 1.165) is 13.0 Å². The Morgan fingerprint density at radius 3 is 2.44 bits per heavy atom. The number of aliphatic imine (C=N–C) groups is 1. The monoisotopic (exact) mass is 470 g/mol. The molecule has 1 atom stereocenters. The van der Waals surface area contributed by atoms with Gasteiger partial charge in [-0.25, -0.2) is 19.8 Å². The molecule has 0 saturated heterocycles. The smallest absolute Gasteiger partial charge is 0.412 e. The van der Waals surface area contributed by atoms with Gasteiger partial charge in [0.2, 0.25) is 0 Å². The fraction of sp³-hybridized carbons (Fsp3) is 0.429. The number of imidazole rings is 1. The number of carbonyl (C=O) groups excluding carboxylic acids is 1. The maximum absolute atomic E-state index is 13.2. The third-order valence-corrected chi connectivity index (χ3v) is 6.02. The van der Waals surface area contributed by atoms with Crippen molar-refractivity contribution in [1.29, 1.82) is 0 Å². The van der Waals surface area contributed by atoms with Crippen LogP contribution in [-0.2, 0) is 22.6 Å². The Morgan fingerprint density at radius 1 is 1.25 bits per heavy atom. The van der Waals surface area contributed by atoms with Crippen LogP contribution in [0.3, 0.4) is 0 Å². The molecule has 0 bridgehead atoms. The van der Waals surface area contributed by atoms with Crippen LogP contribution in [0.2, 0.25) is 0 Å². The summed E-state index contributed by atoms with van der Waals surface area (Å²) in [6.45, 7) is 6.29. The largest absolute Gasteiger partial charge is 0.464 e. The molecule has 0 aliphatic carbocycles. The Bertz CT molecular complexity index is 1100. The van der Waals surface area contributed by atoms with Gasteiger partial charge >= 0.3 is 12.1 Å². The minimum Gasteiger partial charge on any atom is -0.464 e. The molecule has 2 aromatic heterocycles. The van der Waals surface area contributed by atoms with Gasteiger partial charge in [-0.1, -0.05) is 13.8 Å². The number of pyridine rings is 1. The number of carbonyl (C=O) groups is 1. The van der Waals surface area contributed by atoms with E-state index in [1.807, 2.05) is 6.92 Å². The van der Waals surface area contributed by atoms with Crippen molar-refractivity contribution >= 4 is 34.4 Å². The molecule has 2 rings (SSSR count). The summed E-state index contributed by atoms with van der Waals surface area (Å²) in [5.41, 5.74) is -0.0938. The van der Waals surface area contributed by atoms with E-state index < -0.39 is 28.5 Å². The van der Waals surface area contributed by atoms with E-state index in [-0.39, 0.29) is 34.5 Å². The highest BCUT2D eigenvalue weighted by Crippen LogP contribution is 2.34. The van der Waals surface area contributed by atoms with Crippen LogP contribution in [0.5, 0.6) is 0 Å². The molecule has 0 saturated carbocycles. The highest BCUT2D eigenvalue weighted by atomic mass is 32.2. The van der Waals surface area contributed by atoms with E-state index in [2.05, 4.69) is 15.0 Å². The zero-order valence-corrected chi connectivity index (χ0v) is 19.5. The maximum atomic E-state index is 13.2. The van der Waals surface area contributed by atoms with Crippen LogP contribution in [0.4, 0.5) is 19.0 Å². The Labute approximate surface area is 186 Å². The number of alkyl halides is 3. The molecule has 1 unspecified atom stereocenters. The van der Waals surface area contributed by atoms with Crippen molar-refractivity contribution in [3.05, 3.63) is 29.1 Å². The highest BCUT2D eigenvalue weighted by Gasteiger charge is 2.31. The lowest BCUT2D eigenvalue weighted by Crippen LogP contribution is -2.09. The van der Waals surface area contributed by atoms with E-state index >= 15 is 0 Å². The summed E-state index contributed by atoms with van der Waals surface area (Å²) in [5, 5.41) is 0. The van der Waals surface area contributed by atoms with Crippen molar-refractivity contribution in [2.75, 3.05) is 12.9 Å². The number of esters is 1. The Morgan fingerprint density at radius 2 is 1.91 bits per heavy atom. The minimum absolute atomic E-state index is 0.0105. The summed E-state index contributed by atoms with van der Waals surface area (Å²) in [7, 11) is 1.31. The molecule has 2 aromatic rings. The van der Waals surface area contributed by atoms with Crippen LogP contribution in [0.15, 0.2) is 27.6 Å². The van der Waals surface area contributed by atoms with Crippen LogP contribution in [-0.4, -0.2) is 49.5 Å². The Hall–Kier alpha value is -2.82. The van der Waals surface area contributed by atoms with Gasteiger partial charge in [0.15, 0.2) is 11.6 Å². The highest BCUT2D eigenvalue weighted by molar-refractivity contribution is 7.85. The lowest BCUT2D eigenvalue weighted by molar-refractivity contribution is -0.0903. The number of ether oxygens (including phenoxy) is 1. The molecule has 32 heavy (non-hydrogen) atoms. The van der Waals surface area contributed by atoms with Crippen LogP contribution in [0.1, 0.15) is 50.3 Å². The van der Waals surface area contributed by atoms with E-state index in [0.29, 0.717) is 17.0 Å². The Balaban J connectivity index is 2.87. The molecule has 0 aromatic carbocycles. The van der Waals surface area contributed by atoms with Crippen molar-refractivity contribution in [3.63, 3.8) is 0 Å². The molecule has 0 N–H and O–H groups in total. The van der Waals surface area contributed by atoms with Gasteiger partial charge in [-0.3, -0.25) is 4.21 Å². The van der Waals surface area contributed by atoms with Gasteiger partial charge in [0.1, 0.15) is 17.1 Å². The molecule has 0 radical (unpaired) electrons. The second-order valence-electron chi connectivity index (χ2n) is 6.90. The number of allylic oxidation sites excluding steroid dienone is 1. The predicted molar refractivity (Wildman–Crippen MR) is 117 cm³/mol. The standard InChI is InChI=1S/C21H25F3N4O3S/c1-7-13(4)25-18-15(11-12(3)21(22,23)24)27-19(28(18)5)17-16(32(30)8-2)10-9-14(26-17)20(29)31-6/h9-11H,7-8H2,1-6H3/b12-11+,25-13?. The minimum atomic E-state index is -4.53. The first kappa shape index (κ1) is 25.4. The van der Waals surface area contributed by atoms with Gasteiger partial charge in [-0.05, 0) is 38.5 Å². The maximum Gasteiger partial charge on any atom is 0.412 e. The number of rotatable bonds is 7. The number of hydrogen-bond donors (Lipinski definition) is 0. The predicted octanol–water partition coefficient (Wildman–Crippen LogP) is 4.86. The summed E-state index contributed by atoms with van der Waals surface area (Å²) in [4.78, 5) is 25.4. The molecule has 0 fully saturated rings. The summed E-state index contributed by atoms with van der Waals surface area (Å²) in [5.74, 6) is -0.100. The van der Waals surface area contributed by atoms with Gasteiger partial charge in [0, 0.05) is 24.1 Å². The fourth-order valence-electron chi connectivity index (χ4n) is 2.66. The molecule has 2 heterocycles. The molecular formula is C21H25F3N4O3S. The lowest BCUT2D eigenvalue weighted by Gasteiger charge is -2.10. The van der Waals surface area contributed by atoms with E-state index in [9.17, 15) is 22.2 Å². The third kappa shape index (κ3) is 5.50. The molecule has 7 nitrogen and oxygen atoms in total. The van der Waals surface area contributed by atoms with E-state index in [1.54, 1.807) is 20.9 Å². The summed E-state index contributed by atoms with van der Waals surface area (Å²) < 4.78 is 58.4. The molecule has 11 heteroatoms. The molecule has 0 aliphatic heterocycles. The second kappa shape index (κ2) is 10.2. The molecule has 0 aliphatic rings. The first-order valence-corrected chi connectivity index (χ1v) is 11.1. The van der Waals surface area contributed by atoms with Crippen LogP contribution < -0.4 is 0 Å². The van der Waals surface area contributed by atoms with E-state index in [1.165, 1.54) is 23.8 Å². The number of nitrogens with zero attached hydrogens (tertiary/aromatic N) is 4. The van der Waals surface area contributed by atoms with Crippen LogP contribution in [0.25, 0.3) is 17.6 Å². The zero-order valence-electron chi connectivity index (χ0n) is 18.7. The van der Waals surface area contributed by atoms with Gasteiger partial charge in [0.05, 0.1) is 22.8 Å². The summed E-state index contributed by atoms with van der Waals surface area (Å²) in [6.07, 6.45) is -3.04. The van der Waals surface area contributed by atoms with Crippen molar-refractivity contribution in [3.8, 4) is 11.5 Å². The summed E-state index contributed by atoms with van der Waals surface area (Å²) in [6, 6.07) is 2.87. The van der Waals surface area contributed by atoms with Gasteiger partial charge in [0.25, 0.3) is 0 Å². The first-order chi connectivity index (χ1) is 14.9. The topological polar surface area (TPSA) is 86.4 Å². The van der Waals surface area contributed by atoms with Crippen LogP contribution in [0, 0.1) is 0 Å². The second-order valence-corrected chi connectivity index (χ2v) is 8.61. The molecule has 0 amide bonds. The van der Waals surface area contributed by atoms with E-state index in [4.69, 9.17) is 4.74 Å². The van der Waals surface area contributed by atoms with Crippen molar-refractivity contribution in [1.82, 2.24) is 14.5 Å².